The third kappa shape index (κ3) is 2.97. The van der Waals surface area contributed by atoms with Gasteiger partial charge in [-0.1, -0.05) is 24.3 Å². The smallest absolute Gasteiger partial charge is 0.395 e. The fourth-order valence-corrected chi connectivity index (χ4v) is 3.76. The van der Waals surface area contributed by atoms with E-state index in [-0.39, 0.29) is 23.3 Å². The number of hydrogen-bond acceptors (Lipinski definition) is 4. The number of carbonyl (C=O) groups excluding carboxylic acids is 1. The van der Waals surface area contributed by atoms with Gasteiger partial charge in [0.05, 0.1) is 5.69 Å². The van der Waals surface area contributed by atoms with Crippen LogP contribution in [0.1, 0.15) is 12.8 Å². The molecule has 0 N–H and O–H groups in total. The number of halogens is 3. The first-order chi connectivity index (χ1) is 13.4. The summed E-state index contributed by atoms with van der Waals surface area (Å²) in [6, 6.07) is 13.7. The Hall–Kier alpha value is -2.74. The van der Waals surface area contributed by atoms with Crippen LogP contribution in [-0.4, -0.2) is 17.2 Å². The number of rotatable bonds is 3. The minimum atomic E-state index is -3.71. The van der Waals surface area contributed by atoms with Crippen molar-refractivity contribution in [2.75, 3.05) is 4.90 Å². The second kappa shape index (κ2) is 6.13. The third-order valence-corrected chi connectivity index (χ3v) is 5.30. The molecule has 1 amide bonds. The summed E-state index contributed by atoms with van der Waals surface area (Å²) in [5.74, 6) is 0.00323. The second-order valence-corrected chi connectivity index (χ2v) is 7.49. The summed E-state index contributed by atoms with van der Waals surface area (Å²) >= 11 is 3.46. The number of alkyl halides is 2. The van der Waals surface area contributed by atoms with E-state index in [0.717, 1.165) is 23.6 Å². The highest BCUT2D eigenvalue weighted by Gasteiger charge is 2.44. The maximum Gasteiger partial charge on any atom is 0.586 e. The molecular weight excluding hydrogens is 434 g/mol. The molecule has 0 atom stereocenters. The first kappa shape index (κ1) is 17.4. The Balaban J connectivity index is 1.63. The number of nitrogens with zero attached hydrogens (tertiary/aromatic N) is 2. The van der Waals surface area contributed by atoms with Gasteiger partial charge in [0.25, 0.3) is 0 Å². The number of aromatic nitrogens is 1. The first-order valence-corrected chi connectivity index (χ1v) is 9.50. The van der Waals surface area contributed by atoms with Crippen LogP contribution in [0.2, 0.25) is 0 Å². The van der Waals surface area contributed by atoms with Crippen molar-refractivity contribution in [3.8, 4) is 11.5 Å². The molecule has 2 aliphatic rings. The van der Waals surface area contributed by atoms with E-state index in [1.165, 1.54) is 17.0 Å². The lowest BCUT2D eigenvalue weighted by Gasteiger charge is -2.23. The van der Waals surface area contributed by atoms with Crippen molar-refractivity contribution < 1.29 is 23.0 Å². The van der Waals surface area contributed by atoms with Gasteiger partial charge >= 0.3 is 6.29 Å². The molecule has 0 spiro atoms. The average Bonchev–Trinajstić information content (AvgIpc) is 3.44. The van der Waals surface area contributed by atoms with E-state index in [2.05, 4.69) is 30.4 Å². The normalized spacial score (nSPS) is 17.0. The number of carbonyl (C=O) groups is 1. The minimum Gasteiger partial charge on any atom is -0.395 e. The van der Waals surface area contributed by atoms with Crippen LogP contribution < -0.4 is 14.4 Å². The highest BCUT2D eigenvalue weighted by molar-refractivity contribution is 9.10. The van der Waals surface area contributed by atoms with Gasteiger partial charge in [0.2, 0.25) is 5.91 Å². The molecule has 1 aliphatic carbocycles. The third-order valence-electron chi connectivity index (χ3n) is 4.70. The van der Waals surface area contributed by atoms with Crippen molar-refractivity contribution in [2.45, 2.75) is 19.1 Å². The van der Waals surface area contributed by atoms with Gasteiger partial charge in [0, 0.05) is 17.4 Å². The zero-order valence-electron chi connectivity index (χ0n) is 14.4. The molecule has 0 radical (unpaired) electrons. The highest BCUT2D eigenvalue weighted by atomic mass is 79.9. The molecule has 142 valence electrons. The van der Waals surface area contributed by atoms with E-state index in [0.29, 0.717) is 16.1 Å². The Morgan fingerprint density at radius 3 is 2.64 bits per heavy atom. The zero-order chi connectivity index (χ0) is 19.5. The van der Waals surface area contributed by atoms with Crippen LogP contribution in [0.4, 0.5) is 20.3 Å². The number of pyridine rings is 1. The van der Waals surface area contributed by atoms with Gasteiger partial charge in [-0.25, -0.2) is 4.98 Å². The van der Waals surface area contributed by atoms with Crippen LogP contribution in [0, 0.1) is 5.92 Å². The lowest BCUT2D eigenvalue weighted by molar-refractivity contribution is -0.286. The average molecular weight is 447 g/mol. The van der Waals surface area contributed by atoms with Crippen LogP contribution in [-0.2, 0) is 4.79 Å². The van der Waals surface area contributed by atoms with E-state index >= 15 is 0 Å². The SMILES string of the molecule is O=C(C1CC1)N(c1ccc2c(c1)OC(F)(F)O2)c1cc2ccccc2c(Br)n1. The summed E-state index contributed by atoms with van der Waals surface area (Å²) in [6.07, 6.45) is -2.12. The van der Waals surface area contributed by atoms with Gasteiger partial charge in [-0.15, -0.1) is 8.78 Å². The van der Waals surface area contributed by atoms with Gasteiger partial charge in [-0.2, -0.15) is 0 Å². The summed E-state index contributed by atoms with van der Waals surface area (Å²) in [4.78, 5) is 19.0. The quantitative estimate of drug-likeness (QED) is 0.505. The van der Waals surface area contributed by atoms with Crippen LogP contribution in [0.3, 0.4) is 0 Å². The van der Waals surface area contributed by atoms with Crippen LogP contribution in [0.15, 0.2) is 53.1 Å². The standard InChI is InChI=1S/C20H13BrF2N2O3/c21-18-14-4-2-1-3-12(14)9-17(24-18)25(19(26)11-5-6-11)13-7-8-15-16(10-13)28-20(22,23)27-15/h1-4,7-11H,5-6H2. The van der Waals surface area contributed by atoms with E-state index in [1.807, 2.05) is 24.3 Å². The van der Waals surface area contributed by atoms with Crippen LogP contribution >= 0.6 is 15.9 Å². The van der Waals surface area contributed by atoms with Crippen molar-refractivity contribution in [3.63, 3.8) is 0 Å². The van der Waals surface area contributed by atoms with Crippen molar-refractivity contribution in [1.29, 1.82) is 0 Å². The van der Waals surface area contributed by atoms with Gasteiger partial charge in [-0.3, -0.25) is 9.69 Å². The van der Waals surface area contributed by atoms with E-state index < -0.39 is 6.29 Å². The topological polar surface area (TPSA) is 51.7 Å². The fourth-order valence-electron chi connectivity index (χ4n) is 3.22. The molecule has 2 heterocycles. The highest BCUT2D eigenvalue weighted by Crippen LogP contribution is 2.45. The van der Waals surface area contributed by atoms with Gasteiger partial charge in [-0.05, 0) is 52.4 Å². The summed E-state index contributed by atoms with van der Waals surface area (Å²) in [5.41, 5.74) is 0.395. The lowest BCUT2D eigenvalue weighted by atomic mass is 10.1. The largest absolute Gasteiger partial charge is 0.586 e. The molecule has 0 unspecified atom stereocenters. The lowest BCUT2D eigenvalue weighted by Crippen LogP contribution is -2.28. The van der Waals surface area contributed by atoms with Crippen LogP contribution in [0.5, 0.6) is 11.5 Å². The number of hydrogen-bond donors (Lipinski definition) is 0. The van der Waals surface area contributed by atoms with Crippen molar-refractivity contribution in [2.24, 2.45) is 5.92 Å². The monoisotopic (exact) mass is 446 g/mol. The van der Waals surface area contributed by atoms with Gasteiger partial charge in [0.1, 0.15) is 10.4 Å². The summed E-state index contributed by atoms with van der Waals surface area (Å²) in [6.45, 7) is 0. The van der Waals surface area contributed by atoms with E-state index in [4.69, 9.17) is 0 Å². The maximum absolute atomic E-state index is 13.4. The molecular formula is C20H13BrF2N2O3. The van der Waals surface area contributed by atoms with Crippen molar-refractivity contribution in [3.05, 3.63) is 53.1 Å². The molecule has 5 rings (SSSR count). The Bertz CT molecular complexity index is 1120. The fraction of sp³-hybridized carbons (Fsp3) is 0.200. The molecule has 28 heavy (non-hydrogen) atoms. The molecule has 1 aromatic heterocycles. The predicted molar refractivity (Wildman–Crippen MR) is 102 cm³/mol. The van der Waals surface area contributed by atoms with Gasteiger partial charge in [0.15, 0.2) is 11.5 Å². The number of amides is 1. The Morgan fingerprint density at radius 1 is 1.11 bits per heavy atom. The molecule has 3 aromatic rings. The summed E-state index contributed by atoms with van der Waals surface area (Å²) in [5, 5.41) is 1.82. The molecule has 8 heteroatoms. The predicted octanol–water partition coefficient (Wildman–Crippen LogP) is 5.39. The Kier molecular flexibility index (Phi) is 3.80. The van der Waals surface area contributed by atoms with Crippen molar-refractivity contribution >= 4 is 44.1 Å². The molecule has 1 saturated carbocycles. The number of ether oxygens (including phenoxy) is 2. The summed E-state index contributed by atoms with van der Waals surface area (Å²) in [7, 11) is 0. The number of benzene rings is 2. The molecule has 1 fully saturated rings. The maximum atomic E-state index is 13.4. The minimum absolute atomic E-state index is 0.0692. The zero-order valence-corrected chi connectivity index (χ0v) is 15.9. The Labute approximate surface area is 167 Å². The molecule has 0 saturated heterocycles. The summed E-state index contributed by atoms with van der Waals surface area (Å²) < 4.78 is 36.3. The van der Waals surface area contributed by atoms with Crippen molar-refractivity contribution in [1.82, 2.24) is 4.98 Å². The first-order valence-electron chi connectivity index (χ1n) is 8.70. The Morgan fingerprint density at radius 2 is 1.86 bits per heavy atom. The van der Waals surface area contributed by atoms with Gasteiger partial charge < -0.3 is 9.47 Å². The number of anilines is 2. The molecule has 5 nitrogen and oxygen atoms in total. The molecule has 1 aliphatic heterocycles. The van der Waals surface area contributed by atoms with Crippen LogP contribution in [0.25, 0.3) is 10.8 Å². The van der Waals surface area contributed by atoms with E-state index in [1.54, 1.807) is 12.1 Å². The molecule has 2 aromatic carbocycles. The number of fused-ring (bicyclic) bond motifs is 2. The second-order valence-electron chi connectivity index (χ2n) is 6.74. The molecule has 0 bridgehead atoms. The van der Waals surface area contributed by atoms with E-state index in [9.17, 15) is 13.6 Å².